The largest absolute Gasteiger partial charge is 0.494 e. The fourth-order valence-electron chi connectivity index (χ4n) is 2.38. The third-order valence-corrected chi connectivity index (χ3v) is 4.15. The van der Waals surface area contributed by atoms with Crippen LogP contribution in [0.4, 0.5) is 11.4 Å². The molecule has 1 amide bonds. The first-order valence-corrected chi connectivity index (χ1v) is 10.3. The van der Waals surface area contributed by atoms with Gasteiger partial charge in [0, 0.05) is 24.1 Å². The van der Waals surface area contributed by atoms with E-state index in [1.54, 1.807) is 36.4 Å². The Morgan fingerprint density at radius 1 is 1.04 bits per heavy atom. The molecule has 150 valence electrons. The van der Waals surface area contributed by atoms with Crippen molar-refractivity contribution in [3.63, 3.8) is 0 Å². The molecule has 0 saturated carbocycles. The van der Waals surface area contributed by atoms with Crippen LogP contribution in [0.2, 0.25) is 0 Å². The number of ketones is 1. The molecule has 0 atom stereocenters. The third kappa shape index (κ3) is 7.37. The molecule has 0 fully saturated rings. The van der Waals surface area contributed by atoms with Gasteiger partial charge in [0.25, 0.3) is 10.2 Å². The van der Waals surface area contributed by atoms with Gasteiger partial charge in [0.1, 0.15) is 5.75 Å². The lowest BCUT2D eigenvalue weighted by atomic mass is 10.1. The van der Waals surface area contributed by atoms with Gasteiger partial charge in [-0.3, -0.25) is 14.3 Å². The third-order valence-electron chi connectivity index (χ3n) is 3.63. The first-order chi connectivity index (χ1) is 13.3. The SMILES string of the molecule is CCCOc1ccc(C(=O)CCC(=O)Nc2cccc(NS(N)(=O)=O)c2)cc1. The number of nitrogens with one attached hydrogen (secondary N) is 2. The smallest absolute Gasteiger partial charge is 0.296 e. The van der Waals surface area contributed by atoms with Gasteiger partial charge >= 0.3 is 0 Å². The molecule has 0 heterocycles. The Bertz CT molecular complexity index is 927. The molecule has 28 heavy (non-hydrogen) atoms. The molecule has 8 nitrogen and oxygen atoms in total. The average molecular weight is 405 g/mol. The molecule has 9 heteroatoms. The van der Waals surface area contributed by atoms with E-state index in [1.165, 1.54) is 12.1 Å². The molecule has 0 aliphatic rings. The van der Waals surface area contributed by atoms with E-state index in [2.05, 4.69) is 10.0 Å². The number of carbonyl (C=O) groups is 2. The lowest BCUT2D eigenvalue weighted by Crippen LogP contribution is -2.21. The Morgan fingerprint density at radius 3 is 2.36 bits per heavy atom. The second-order valence-electron chi connectivity index (χ2n) is 6.07. The Balaban J connectivity index is 1.86. The van der Waals surface area contributed by atoms with Crippen LogP contribution in [0.1, 0.15) is 36.5 Å². The quantitative estimate of drug-likeness (QED) is 0.524. The second-order valence-corrected chi connectivity index (χ2v) is 7.37. The molecule has 0 saturated heterocycles. The lowest BCUT2D eigenvalue weighted by molar-refractivity contribution is -0.116. The predicted octanol–water partition coefficient (Wildman–Crippen LogP) is 2.69. The number of rotatable bonds is 10. The highest BCUT2D eigenvalue weighted by molar-refractivity contribution is 7.90. The highest BCUT2D eigenvalue weighted by Gasteiger charge is 2.11. The summed E-state index contributed by atoms with van der Waals surface area (Å²) in [7, 11) is -3.90. The average Bonchev–Trinajstić information content (AvgIpc) is 2.64. The van der Waals surface area contributed by atoms with Crippen molar-refractivity contribution >= 4 is 33.3 Å². The van der Waals surface area contributed by atoms with Gasteiger partial charge in [-0.1, -0.05) is 13.0 Å². The molecule has 2 rings (SSSR count). The molecular weight excluding hydrogens is 382 g/mol. The van der Waals surface area contributed by atoms with Crippen LogP contribution in [0.25, 0.3) is 0 Å². The summed E-state index contributed by atoms with van der Waals surface area (Å²) in [6, 6.07) is 12.9. The lowest BCUT2D eigenvalue weighted by Gasteiger charge is -2.08. The molecule has 0 aliphatic heterocycles. The van der Waals surface area contributed by atoms with Gasteiger partial charge in [-0.25, -0.2) is 5.14 Å². The molecule has 0 unspecified atom stereocenters. The van der Waals surface area contributed by atoms with Crippen LogP contribution >= 0.6 is 0 Å². The summed E-state index contributed by atoms with van der Waals surface area (Å²) in [5.74, 6) is 0.190. The van der Waals surface area contributed by atoms with Crippen LogP contribution in [0, 0.1) is 0 Å². The van der Waals surface area contributed by atoms with Gasteiger partial charge in [-0.15, -0.1) is 0 Å². The highest BCUT2D eigenvalue weighted by atomic mass is 32.2. The molecule has 0 bridgehead atoms. The fraction of sp³-hybridized carbons (Fsp3) is 0.263. The number of ether oxygens (including phenoxy) is 1. The number of nitrogens with two attached hydrogens (primary N) is 1. The minimum Gasteiger partial charge on any atom is -0.494 e. The molecule has 0 radical (unpaired) electrons. The fourth-order valence-corrected chi connectivity index (χ4v) is 2.83. The van der Waals surface area contributed by atoms with Gasteiger partial charge in [-0.2, -0.15) is 8.42 Å². The number of anilines is 2. The minimum atomic E-state index is -3.90. The number of carbonyl (C=O) groups excluding carboxylic acids is 2. The van der Waals surface area contributed by atoms with Crippen LogP contribution in [-0.2, 0) is 15.0 Å². The van der Waals surface area contributed by atoms with E-state index in [-0.39, 0.29) is 30.2 Å². The van der Waals surface area contributed by atoms with Gasteiger partial charge in [-0.05, 0) is 48.9 Å². The number of hydrogen-bond donors (Lipinski definition) is 3. The first-order valence-electron chi connectivity index (χ1n) is 8.73. The Hall–Kier alpha value is -2.91. The first kappa shape index (κ1) is 21.4. The predicted molar refractivity (Wildman–Crippen MR) is 108 cm³/mol. The number of Topliss-reactive ketones (excluding diaryl/α,β-unsaturated/α-hetero) is 1. The summed E-state index contributed by atoms with van der Waals surface area (Å²) in [6.07, 6.45) is 0.951. The summed E-state index contributed by atoms with van der Waals surface area (Å²) >= 11 is 0. The van der Waals surface area contributed by atoms with Gasteiger partial charge < -0.3 is 10.1 Å². The number of amides is 1. The molecule has 0 aliphatic carbocycles. The van der Waals surface area contributed by atoms with Crippen molar-refractivity contribution in [1.82, 2.24) is 0 Å². The monoisotopic (exact) mass is 405 g/mol. The van der Waals surface area contributed by atoms with Gasteiger partial charge in [0.15, 0.2) is 5.78 Å². The Labute approximate surface area is 164 Å². The van der Waals surface area contributed by atoms with E-state index in [9.17, 15) is 18.0 Å². The normalized spacial score (nSPS) is 10.9. The summed E-state index contributed by atoms with van der Waals surface area (Å²) in [5.41, 5.74) is 1.13. The van der Waals surface area contributed by atoms with Crippen LogP contribution in [0.3, 0.4) is 0 Å². The van der Waals surface area contributed by atoms with Gasteiger partial charge in [0.05, 0.1) is 12.3 Å². The van der Waals surface area contributed by atoms with E-state index >= 15 is 0 Å². The summed E-state index contributed by atoms with van der Waals surface area (Å²) in [5, 5.41) is 7.54. The number of benzene rings is 2. The molecule has 4 N–H and O–H groups in total. The van der Waals surface area contributed by atoms with Crippen molar-refractivity contribution in [2.24, 2.45) is 5.14 Å². The van der Waals surface area contributed by atoms with Gasteiger partial charge in [0.2, 0.25) is 5.91 Å². The van der Waals surface area contributed by atoms with Crippen molar-refractivity contribution in [1.29, 1.82) is 0 Å². The minimum absolute atomic E-state index is 0.000235. The van der Waals surface area contributed by atoms with E-state index in [1.807, 2.05) is 6.92 Å². The molecule has 2 aromatic carbocycles. The van der Waals surface area contributed by atoms with E-state index < -0.39 is 10.2 Å². The summed E-state index contributed by atoms with van der Waals surface area (Å²) in [4.78, 5) is 24.3. The number of hydrogen-bond acceptors (Lipinski definition) is 5. The second kappa shape index (κ2) is 9.86. The van der Waals surface area contributed by atoms with Crippen molar-refractivity contribution < 1.29 is 22.7 Å². The standard InChI is InChI=1S/C19H23N3O5S/c1-2-12-27-17-8-6-14(7-9-17)18(23)10-11-19(24)21-15-4-3-5-16(13-15)22-28(20,25)26/h3-9,13,22H,2,10-12H2,1H3,(H,21,24)(H2,20,25,26). The molecular formula is C19H23N3O5S. The Morgan fingerprint density at radius 2 is 1.71 bits per heavy atom. The van der Waals surface area contributed by atoms with E-state index in [4.69, 9.17) is 9.88 Å². The summed E-state index contributed by atoms with van der Waals surface area (Å²) < 4.78 is 29.7. The van der Waals surface area contributed by atoms with Crippen molar-refractivity contribution in [3.8, 4) is 5.75 Å². The van der Waals surface area contributed by atoms with Crippen LogP contribution in [0.15, 0.2) is 48.5 Å². The van der Waals surface area contributed by atoms with Crippen LogP contribution in [0.5, 0.6) is 5.75 Å². The molecule has 0 aromatic heterocycles. The zero-order chi connectivity index (χ0) is 20.6. The summed E-state index contributed by atoms with van der Waals surface area (Å²) in [6.45, 7) is 2.62. The van der Waals surface area contributed by atoms with Crippen LogP contribution < -0.4 is 19.9 Å². The zero-order valence-corrected chi connectivity index (χ0v) is 16.3. The van der Waals surface area contributed by atoms with Crippen molar-refractivity contribution in [2.75, 3.05) is 16.6 Å². The van der Waals surface area contributed by atoms with Crippen molar-refractivity contribution in [2.45, 2.75) is 26.2 Å². The zero-order valence-electron chi connectivity index (χ0n) is 15.5. The van der Waals surface area contributed by atoms with E-state index in [0.29, 0.717) is 23.6 Å². The van der Waals surface area contributed by atoms with Crippen LogP contribution in [-0.4, -0.2) is 26.7 Å². The highest BCUT2D eigenvalue weighted by Crippen LogP contribution is 2.17. The maximum atomic E-state index is 12.2. The topological polar surface area (TPSA) is 128 Å². The molecule has 2 aromatic rings. The maximum Gasteiger partial charge on any atom is 0.296 e. The molecule has 0 spiro atoms. The maximum absolute atomic E-state index is 12.2. The Kier molecular flexibility index (Phi) is 7.53. The van der Waals surface area contributed by atoms with Crippen molar-refractivity contribution in [3.05, 3.63) is 54.1 Å². The van der Waals surface area contributed by atoms with E-state index in [0.717, 1.165) is 6.42 Å².